The maximum absolute atomic E-state index is 11.7. The molecule has 1 amide bonds. The number of nitrogens with one attached hydrogen (secondary N) is 2. The highest BCUT2D eigenvalue weighted by atomic mass is 32.1. The van der Waals surface area contributed by atoms with E-state index in [2.05, 4.69) is 17.2 Å². The van der Waals surface area contributed by atoms with Crippen molar-refractivity contribution in [2.45, 2.75) is 0 Å². The van der Waals surface area contributed by atoms with Crippen LogP contribution in [0.3, 0.4) is 0 Å². The molecule has 1 aromatic carbocycles. The normalized spacial score (nSPS) is 10.0. The molecule has 5 nitrogen and oxygen atoms in total. The molecular weight excluding hydrogens is 288 g/mol. The van der Waals surface area contributed by atoms with Gasteiger partial charge >= 0.3 is 0 Å². The number of carbonyl (C=O) groups excluding carboxylic acids is 1. The summed E-state index contributed by atoms with van der Waals surface area (Å²) in [7, 11) is 3.12. The van der Waals surface area contributed by atoms with Crippen molar-refractivity contribution >= 4 is 29.3 Å². The largest absolute Gasteiger partial charge is 0.493 e. The second kappa shape index (κ2) is 8.76. The standard InChI is InChI=1S/C15H18N2O3S/c1-4-9-16-15(21)17-14(18)8-6-11-5-7-12(19-2)13(10-11)20-3/h4-8,10H,1,9H2,2-3H3,(H2,16,17,18,21). The van der Waals surface area contributed by atoms with Gasteiger partial charge in [-0.05, 0) is 36.0 Å². The molecule has 21 heavy (non-hydrogen) atoms. The number of amides is 1. The summed E-state index contributed by atoms with van der Waals surface area (Å²) in [6, 6.07) is 5.36. The van der Waals surface area contributed by atoms with Gasteiger partial charge in [-0.2, -0.15) is 0 Å². The van der Waals surface area contributed by atoms with Gasteiger partial charge in [-0.3, -0.25) is 10.1 Å². The van der Waals surface area contributed by atoms with Gasteiger partial charge in [0.05, 0.1) is 14.2 Å². The number of ether oxygens (including phenoxy) is 2. The lowest BCUT2D eigenvalue weighted by Gasteiger charge is -2.07. The molecule has 0 fully saturated rings. The van der Waals surface area contributed by atoms with E-state index in [0.29, 0.717) is 18.0 Å². The molecule has 0 aliphatic rings. The van der Waals surface area contributed by atoms with Crippen LogP contribution in [0.2, 0.25) is 0 Å². The van der Waals surface area contributed by atoms with Crippen molar-refractivity contribution in [2.75, 3.05) is 20.8 Å². The lowest BCUT2D eigenvalue weighted by molar-refractivity contribution is -0.115. The summed E-state index contributed by atoms with van der Waals surface area (Å²) in [4.78, 5) is 11.7. The molecule has 0 atom stereocenters. The molecule has 0 aromatic heterocycles. The van der Waals surface area contributed by atoms with E-state index in [1.165, 1.54) is 6.08 Å². The summed E-state index contributed by atoms with van der Waals surface area (Å²) in [5.74, 6) is 0.920. The fraction of sp³-hybridized carbons (Fsp3) is 0.200. The van der Waals surface area contributed by atoms with Crippen molar-refractivity contribution in [1.82, 2.24) is 10.6 Å². The van der Waals surface area contributed by atoms with Crippen LogP contribution < -0.4 is 20.1 Å². The number of thiocarbonyl (C=S) groups is 1. The Morgan fingerprint density at radius 2 is 2.05 bits per heavy atom. The monoisotopic (exact) mass is 306 g/mol. The first-order valence-corrected chi connectivity index (χ1v) is 6.61. The highest BCUT2D eigenvalue weighted by Gasteiger charge is 2.03. The zero-order chi connectivity index (χ0) is 15.7. The Bertz CT molecular complexity index is 556. The average molecular weight is 306 g/mol. The molecule has 0 unspecified atom stereocenters. The minimum absolute atomic E-state index is 0.261. The van der Waals surface area contributed by atoms with Gasteiger partial charge in [-0.1, -0.05) is 12.1 Å². The van der Waals surface area contributed by atoms with E-state index < -0.39 is 0 Å². The summed E-state index contributed by atoms with van der Waals surface area (Å²) >= 11 is 4.94. The molecule has 6 heteroatoms. The number of rotatable bonds is 6. The minimum atomic E-state index is -0.314. The fourth-order valence-corrected chi connectivity index (χ4v) is 1.67. The van der Waals surface area contributed by atoms with Crippen molar-refractivity contribution in [3.05, 3.63) is 42.5 Å². The van der Waals surface area contributed by atoms with Crippen molar-refractivity contribution < 1.29 is 14.3 Å². The Morgan fingerprint density at radius 3 is 2.67 bits per heavy atom. The highest BCUT2D eigenvalue weighted by Crippen LogP contribution is 2.27. The smallest absolute Gasteiger partial charge is 0.250 e. The van der Waals surface area contributed by atoms with Gasteiger partial charge in [0.25, 0.3) is 0 Å². The Balaban J connectivity index is 2.65. The van der Waals surface area contributed by atoms with Crippen LogP contribution in [0.25, 0.3) is 6.08 Å². The maximum Gasteiger partial charge on any atom is 0.250 e. The van der Waals surface area contributed by atoms with Crippen molar-refractivity contribution in [3.8, 4) is 11.5 Å². The summed E-state index contributed by atoms with van der Waals surface area (Å²) < 4.78 is 10.3. The zero-order valence-electron chi connectivity index (χ0n) is 12.0. The zero-order valence-corrected chi connectivity index (χ0v) is 12.8. The molecular formula is C15H18N2O3S. The van der Waals surface area contributed by atoms with E-state index in [-0.39, 0.29) is 11.0 Å². The molecule has 0 saturated heterocycles. The van der Waals surface area contributed by atoms with Gasteiger partial charge in [-0.15, -0.1) is 6.58 Å². The summed E-state index contributed by atoms with van der Waals surface area (Å²) in [6.45, 7) is 4.05. The maximum atomic E-state index is 11.7. The number of hydrogen-bond donors (Lipinski definition) is 2. The van der Waals surface area contributed by atoms with Gasteiger partial charge in [0, 0.05) is 12.6 Å². The second-order valence-electron chi connectivity index (χ2n) is 3.94. The molecule has 0 radical (unpaired) electrons. The van der Waals surface area contributed by atoms with Gasteiger partial charge < -0.3 is 14.8 Å². The van der Waals surface area contributed by atoms with Gasteiger partial charge in [0.1, 0.15) is 0 Å². The van der Waals surface area contributed by atoms with Gasteiger partial charge in [0.15, 0.2) is 16.6 Å². The Labute approximate surface area is 129 Å². The van der Waals surface area contributed by atoms with E-state index in [1.54, 1.807) is 38.5 Å². The minimum Gasteiger partial charge on any atom is -0.493 e. The first-order valence-electron chi connectivity index (χ1n) is 6.20. The topological polar surface area (TPSA) is 59.6 Å². The van der Waals surface area contributed by atoms with Crippen LogP contribution in [-0.4, -0.2) is 31.8 Å². The summed E-state index contributed by atoms with van der Waals surface area (Å²) in [5, 5.41) is 5.59. The van der Waals surface area contributed by atoms with Crippen LogP contribution in [0.5, 0.6) is 11.5 Å². The molecule has 2 N–H and O–H groups in total. The van der Waals surface area contributed by atoms with Gasteiger partial charge in [0.2, 0.25) is 5.91 Å². The van der Waals surface area contributed by atoms with E-state index in [0.717, 1.165) is 5.56 Å². The van der Waals surface area contributed by atoms with E-state index in [9.17, 15) is 4.79 Å². The van der Waals surface area contributed by atoms with Crippen LogP contribution >= 0.6 is 12.2 Å². The fourth-order valence-electron chi connectivity index (χ4n) is 1.49. The predicted octanol–water partition coefficient (Wildman–Crippen LogP) is 1.89. The van der Waals surface area contributed by atoms with Crippen LogP contribution in [0.1, 0.15) is 5.56 Å². The Kier molecular flexibility index (Phi) is 6.97. The number of methoxy groups -OCH3 is 2. The first-order chi connectivity index (χ1) is 10.1. The molecule has 0 saturated carbocycles. The molecule has 1 aromatic rings. The quantitative estimate of drug-likeness (QED) is 0.477. The van der Waals surface area contributed by atoms with Crippen LogP contribution in [-0.2, 0) is 4.79 Å². The van der Waals surface area contributed by atoms with Gasteiger partial charge in [-0.25, -0.2) is 0 Å². The highest BCUT2D eigenvalue weighted by molar-refractivity contribution is 7.80. The predicted molar refractivity (Wildman–Crippen MR) is 87.5 cm³/mol. The van der Waals surface area contributed by atoms with E-state index >= 15 is 0 Å². The second-order valence-corrected chi connectivity index (χ2v) is 4.34. The molecule has 1 rings (SSSR count). The van der Waals surface area contributed by atoms with Crippen molar-refractivity contribution in [2.24, 2.45) is 0 Å². The number of benzene rings is 1. The third-order valence-corrected chi connectivity index (χ3v) is 2.72. The molecule has 0 aliphatic heterocycles. The van der Waals surface area contributed by atoms with Crippen LogP contribution in [0.15, 0.2) is 36.9 Å². The lowest BCUT2D eigenvalue weighted by Crippen LogP contribution is -2.38. The number of hydrogen-bond acceptors (Lipinski definition) is 4. The van der Waals surface area contributed by atoms with Crippen molar-refractivity contribution in [1.29, 1.82) is 0 Å². The molecule has 0 bridgehead atoms. The molecule has 0 aliphatic carbocycles. The van der Waals surface area contributed by atoms with Crippen LogP contribution in [0, 0.1) is 0 Å². The number of carbonyl (C=O) groups is 1. The van der Waals surface area contributed by atoms with E-state index in [1.807, 2.05) is 6.07 Å². The third kappa shape index (κ3) is 5.66. The van der Waals surface area contributed by atoms with E-state index in [4.69, 9.17) is 21.7 Å². The van der Waals surface area contributed by atoms with Crippen LogP contribution in [0.4, 0.5) is 0 Å². The SMILES string of the molecule is C=CCNC(=S)NC(=O)C=Cc1ccc(OC)c(OC)c1. The lowest BCUT2D eigenvalue weighted by atomic mass is 10.2. The molecule has 0 spiro atoms. The molecule has 0 heterocycles. The Morgan fingerprint density at radius 1 is 1.33 bits per heavy atom. The average Bonchev–Trinajstić information content (AvgIpc) is 2.50. The summed E-state index contributed by atoms with van der Waals surface area (Å²) in [5.41, 5.74) is 0.813. The van der Waals surface area contributed by atoms with Crippen molar-refractivity contribution in [3.63, 3.8) is 0 Å². The summed E-state index contributed by atoms with van der Waals surface area (Å²) in [6.07, 6.45) is 4.70. The first kappa shape index (κ1) is 16.7. The Hall–Kier alpha value is -2.34. The third-order valence-electron chi connectivity index (χ3n) is 2.48. The molecule has 112 valence electrons.